The normalized spacial score (nSPS) is 49.0. The molecule has 1 spiro atoms. The standard InChI is InChI=1S/C19H21NO.H2/c1-12-13-7-17(16(20)21)10-18(14-5-3-2-4-6-14)9-15(12)19(18,8-13)11-17;/h2-6,13,15H,1,7-11H2,(H2,20,21);1H/t13-,15?,17?,18?,19?;/m0./s1. The lowest BCUT2D eigenvalue weighted by atomic mass is 9.44. The average Bonchev–Trinajstić information content (AvgIpc) is 2.74. The quantitative estimate of drug-likeness (QED) is 0.829. The molecule has 0 heterocycles. The largest absolute Gasteiger partial charge is 0.369 e. The van der Waals surface area contributed by atoms with Crippen LogP contribution in [0, 0.1) is 22.7 Å². The van der Waals surface area contributed by atoms with Gasteiger partial charge in [-0.1, -0.05) is 42.5 Å². The fourth-order valence-electron chi connectivity index (χ4n) is 6.84. The van der Waals surface area contributed by atoms with Crippen molar-refractivity contribution >= 4 is 5.91 Å². The summed E-state index contributed by atoms with van der Waals surface area (Å²) in [6, 6.07) is 10.9. The number of benzene rings is 1. The van der Waals surface area contributed by atoms with Crippen molar-refractivity contribution in [3.63, 3.8) is 0 Å². The number of primary amides is 1. The lowest BCUT2D eigenvalue weighted by Gasteiger charge is -2.59. The number of hydrogen-bond donors (Lipinski definition) is 1. The first-order valence-electron chi connectivity index (χ1n) is 8.07. The molecule has 2 nitrogen and oxygen atoms in total. The monoisotopic (exact) mass is 281 g/mol. The van der Waals surface area contributed by atoms with Crippen LogP contribution in [0.15, 0.2) is 42.5 Å². The van der Waals surface area contributed by atoms with E-state index in [4.69, 9.17) is 5.73 Å². The third kappa shape index (κ3) is 1.06. The molecule has 4 aliphatic carbocycles. The van der Waals surface area contributed by atoms with Crippen LogP contribution in [0.5, 0.6) is 0 Å². The minimum absolute atomic E-state index is 0. The van der Waals surface area contributed by atoms with Gasteiger partial charge in [0.25, 0.3) is 0 Å². The molecule has 3 bridgehead atoms. The van der Waals surface area contributed by atoms with Gasteiger partial charge >= 0.3 is 0 Å². The van der Waals surface area contributed by atoms with Gasteiger partial charge in [0, 0.05) is 6.84 Å². The van der Waals surface area contributed by atoms with E-state index in [0.717, 1.165) is 19.3 Å². The molecule has 4 fully saturated rings. The Morgan fingerprint density at radius 1 is 1.19 bits per heavy atom. The highest BCUT2D eigenvalue weighted by atomic mass is 16.1. The minimum Gasteiger partial charge on any atom is -0.369 e. The van der Waals surface area contributed by atoms with Gasteiger partial charge in [-0.05, 0) is 54.9 Å². The van der Waals surface area contributed by atoms with Crippen molar-refractivity contribution in [2.24, 2.45) is 28.4 Å². The SMILES string of the molecule is C=C1C2CC3(c4ccccc4)CC4(C(N)=O)C[C@H]1CC23C4.[HH]. The third-order valence-electron chi connectivity index (χ3n) is 7.54. The molecular formula is C19H23NO. The zero-order valence-corrected chi connectivity index (χ0v) is 12.3. The molecular weight excluding hydrogens is 258 g/mol. The Hall–Kier alpha value is -1.57. The maximum Gasteiger partial charge on any atom is 0.223 e. The summed E-state index contributed by atoms with van der Waals surface area (Å²) in [6.07, 6.45) is 5.35. The second-order valence-corrected chi connectivity index (χ2v) is 8.04. The van der Waals surface area contributed by atoms with Gasteiger partial charge in [-0.15, -0.1) is 0 Å². The van der Waals surface area contributed by atoms with Crippen molar-refractivity contribution in [3.05, 3.63) is 48.0 Å². The highest BCUT2D eigenvalue weighted by molar-refractivity contribution is 5.83. The van der Waals surface area contributed by atoms with Gasteiger partial charge in [0.1, 0.15) is 0 Å². The number of carbonyl (C=O) groups excluding carboxylic acids is 1. The number of hydrogen-bond acceptors (Lipinski definition) is 1. The maximum absolute atomic E-state index is 12.3. The summed E-state index contributed by atoms with van der Waals surface area (Å²) in [5, 5.41) is 0. The van der Waals surface area contributed by atoms with Crippen LogP contribution in [0.3, 0.4) is 0 Å². The average molecular weight is 281 g/mol. The molecule has 4 aliphatic rings. The first-order chi connectivity index (χ1) is 10.0. The summed E-state index contributed by atoms with van der Waals surface area (Å²) >= 11 is 0. The first-order valence-corrected chi connectivity index (χ1v) is 8.07. The van der Waals surface area contributed by atoms with E-state index >= 15 is 0 Å². The maximum atomic E-state index is 12.3. The Kier molecular flexibility index (Phi) is 1.87. The second kappa shape index (κ2) is 3.26. The van der Waals surface area contributed by atoms with E-state index in [-0.39, 0.29) is 23.6 Å². The van der Waals surface area contributed by atoms with Crippen LogP contribution < -0.4 is 5.73 Å². The Bertz CT molecular complexity index is 686. The summed E-state index contributed by atoms with van der Waals surface area (Å²) < 4.78 is 0. The Labute approximate surface area is 126 Å². The van der Waals surface area contributed by atoms with Gasteiger partial charge in [-0.3, -0.25) is 4.79 Å². The van der Waals surface area contributed by atoms with Crippen molar-refractivity contribution in [1.82, 2.24) is 0 Å². The molecule has 0 aliphatic heterocycles. The molecule has 4 saturated carbocycles. The van der Waals surface area contributed by atoms with Gasteiger partial charge in [0.15, 0.2) is 0 Å². The molecule has 2 N–H and O–H groups in total. The molecule has 5 atom stereocenters. The van der Waals surface area contributed by atoms with Crippen LogP contribution in [-0.4, -0.2) is 5.91 Å². The molecule has 4 unspecified atom stereocenters. The van der Waals surface area contributed by atoms with Crippen LogP contribution in [-0.2, 0) is 10.2 Å². The predicted molar refractivity (Wildman–Crippen MR) is 83.5 cm³/mol. The van der Waals surface area contributed by atoms with Crippen LogP contribution in [0.1, 0.15) is 39.1 Å². The zero-order valence-electron chi connectivity index (χ0n) is 12.3. The summed E-state index contributed by atoms with van der Waals surface area (Å²) in [6.45, 7) is 4.39. The molecule has 21 heavy (non-hydrogen) atoms. The number of amides is 1. The summed E-state index contributed by atoms with van der Waals surface area (Å²) in [5.41, 5.74) is 8.93. The molecule has 110 valence electrons. The van der Waals surface area contributed by atoms with E-state index in [0.29, 0.717) is 11.8 Å². The minimum atomic E-state index is -0.271. The van der Waals surface area contributed by atoms with Crippen molar-refractivity contribution < 1.29 is 6.22 Å². The molecule has 1 aromatic carbocycles. The van der Waals surface area contributed by atoms with Crippen LogP contribution in [0.4, 0.5) is 0 Å². The molecule has 0 aromatic heterocycles. The molecule has 1 amide bonds. The second-order valence-electron chi connectivity index (χ2n) is 8.04. The van der Waals surface area contributed by atoms with Gasteiger partial charge in [-0.25, -0.2) is 0 Å². The molecule has 0 saturated heterocycles. The topological polar surface area (TPSA) is 43.1 Å². The van der Waals surface area contributed by atoms with E-state index in [9.17, 15) is 4.79 Å². The van der Waals surface area contributed by atoms with Crippen molar-refractivity contribution in [3.8, 4) is 0 Å². The molecule has 5 rings (SSSR count). The molecule has 0 radical (unpaired) electrons. The Morgan fingerprint density at radius 3 is 2.67 bits per heavy atom. The van der Waals surface area contributed by atoms with Crippen LogP contribution in [0.25, 0.3) is 0 Å². The smallest absolute Gasteiger partial charge is 0.223 e. The number of allylic oxidation sites excluding steroid dienone is 1. The fraction of sp³-hybridized carbons (Fsp3) is 0.526. The number of rotatable bonds is 2. The lowest BCUT2D eigenvalue weighted by Crippen LogP contribution is -2.55. The molecule has 2 heteroatoms. The lowest BCUT2D eigenvalue weighted by molar-refractivity contribution is -0.129. The van der Waals surface area contributed by atoms with Crippen molar-refractivity contribution in [1.29, 1.82) is 0 Å². The highest BCUT2D eigenvalue weighted by Crippen LogP contribution is 2.85. The van der Waals surface area contributed by atoms with Gasteiger partial charge < -0.3 is 5.73 Å². The number of carbonyl (C=O) groups is 1. The summed E-state index contributed by atoms with van der Waals surface area (Å²) in [7, 11) is 0. The van der Waals surface area contributed by atoms with E-state index in [1.54, 1.807) is 0 Å². The number of fused-ring (bicyclic) bond motifs is 2. The highest BCUT2D eigenvalue weighted by Gasteiger charge is 2.80. The van der Waals surface area contributed by atoms with Gasteiger partial charge in [0.2, 0.25) is 5.91 Å². The van der Waals surface area contributed by atoms with Crippen LogP contribution in [0.2, 0.25) is 0 Å². The first kappa shape index (κ1) is 12.0. The van der Waals surface area contributed by atoms with Gasteiger partial charge in [-0.2, -0.15) is 0 Å². The third-order valence-corrected chi connectivity index (χ3v) is 7.54. The fourth-order valence-corrected chi connectivity index (χ4v) is 6.84. The summed E-state index contributed by atoms with van der Waals surface area (Å²) in [4.78, 5) is 12.3. The predicted octanol–water partition coefficient (Wildman–Crippen LogP) is 3.42. The molecule has 1 aromatic rings. The summed E-state index contributed by atoms with van der Waals surface area (Å²) in [5.74, 6) is 1.10. The van der Waals surface area contributed by atoms with Crippen molar-refractivity contribution in [2.75, 3.05) is 0 Å². The van der Waals surface area contributed by atoms with Crippen LogP contribution >= 0.6 is 0 Å². The Balaban J connectivity index is 0.00000125. The van der Waals surface area contributed by atoms with Crippen molar-refractivity contribution in [2.45, 2.75) is 37.5 Å². The van der Waals surface area contributed by atoms with E-state index in [1.165, 1.54) is 24.0 Å². The van der Waals surface area contributed by atoms with E-state index in [2.05, 4.69) is 36.9 Å². The van der Waals surface area contributed by atoms with Gasteiger partial charge in [0.05, 0.1) is 5.41 Å². The van der Waals surface area contributed by atoms with E-state index < -0.39 is 0 Å². The van der Waals surface area contributed by atoms with E-state index in [1.807, 2.05) is 0 Å². The number of nitrogens with two attached hydrogens (primary N) is 1. The Morgan fingerprint density at radius 2 is 1.95 bits per heavy atom. The zero-order chi connectivity index (χ0) is 14.5.